The Bertz CT molecular complexity index is 612. The van der Waals surface area contributed by atoms with Crippen molar-refractivity contribution in [2.75, 3.05) is 11.9 Å². The molecular weight excluding hydrogens is 269 g/mol. The van der Waals surface area contributed by atoms with Crippen LogP contribution in [0, 0.1) is 11.3 Å². The number of aromatic amines is 1. The lowest BCUT2D eigenvalue weighted by Crippen LogP contribution is -2.09. The van der Waals surface area contributed by atoms with Gasteiger partial charge in [0.05, 0.1) is 16.8 Å². The van der Waals surface area contributed by atoms with E-state index in [9.17, 15) is 13.2 Å². The largest absolute Gasteiger partial charge is 0.416 e. The number of anilines is 1. The Labute approximate surface area is 113 Å². The predicted molar refractivity (Wildman–Crippen MR) is 66.9 cm³/mol. The summed E-state index contributed by atoms with van der Waals surface area (Å²) in [5.74, 6) is 0.767. The van der Waals surface area contributed by atoms with Crippen LogP contribution in [-0.2, 0) is 12.6 Å². The topological polar surface area (TPSA) is 64.5 Å². The Hall–Kier alpha value is -2.49. The Kier molecular flexibility index (Phi) is 3.94. The lowest BCUT2D eigenvalue weighted by Gasteiger charge is -2.11. The first-order valence-electron chi connectivity index (χ1n) is 5.84. The zero-order chi connectivity index (χ0) is 14.6. The highest BCUT2D eigenvalue weighted by molar-refractivity contribution is 5.59. The quantitative estimate of drug-likeness (QED) is 0.905. The number of benzene rings is 1. The molecule has 0 saturated carbocycles. The molecule has 0 radical (unpaired) electrons. The van der Waals surface area contributed by atoms with Gasteiger partial charge >= 0.3 is 6.18 Å². The third-order valence-corrected chi connectivity index (χ3v) is 2.70. The Balaban J connectivity index is 2.06. The van der Waals surface area contributed by atoms with E-state index in [4.69, 9.17) is 5.26 Å². The smallest absolute Gasteiger partial charge is 0.384 e. The van der Waals surface area contributed by atoms with Crippen LogP contribution in [0.4, 0.5) is 18.9 Å². The lowest BCUT2D eigenvalue weighted by atomic mass is 10.1. The molecule has 1 heterocycles. The molecule has 0 aliphatic heterocycles. The summed E-state index contributed by atoms with van der Waals surface area (Å²) in [6.07, 6.45) is -0.556. The minimum Gasteiger partial charge on any atom is -0.384 e. The summed E-state index contributed by atoms with van der Waals surface area (Å²) in [5, 5.41) is 11.8. The summed E-state index contributed by atoms with van der Waals surface area (Å²) < 4.78 is 37.6. The maximum Gasteiger partial charge on any atom is 0.416 e. The first-order valence-corrected chi connectivity index (χ1v) is 5.84. The van der Waals surface area contributed by atoms with E-state index in [0.717, 1.165) is 18.0 Å². The second-order valence-electron chi connectivity index (χ2n) is 4.08. The Morgan fingerprint density at radius 2 is 2.15 bits per heavy atom. The third-order valence-electron chi connectivity index (χ3n) is 2.70. The van der Waals surface area contributed by atoms with Crippen molar-refractivity contribution in [3.8, 4) is 6.07 Å². The molecule has 1 aromatic carbocycles. The van der Waals surface area contributed by atoms with E-state index < -0.39 is 11.7 Å². The molecule has 7 heteroatoms. The molecule has 2 rings (SSSR count). The van der Waals surface area contributed by atoms with E-state index in [1.165, 1.54) is 6.07 Å². The van der Waals surface area contributed by atoms with Crippen molar-refractivity contribution in [2.45, 2.75) is 12.6 Å². The number of nitrogens with zero attached hydrogens (tertiary/aromatic N) is 2. The second kappa shape index (κ2) is 5.65. The van der Waals surface area contributed by atoms with Gasteiger partial charge in [0.2, 0.25) is 0 Å². The molecule has 104 valence electrons. The van der Waals surface area contributed by atoms with Crippen LogP contribution in [0.5, 0.6) is 0 Å². The van der Waals surface area contributed by atoms with Gasteiger partial charge in [-0.05, 0) is 18.2 Å². The molecule has 2 aromatic rings. The number of alkyl halides is 3. The molecule has 0 aliphatic rings. The van der Waals surface area contributed by atoms with Gasteiger partial charge in [0.15, 0.2) is 0 Å². The van der Waals surface area contributed by atoms with Gasteiger partial charge in [-0.3, -0.25) is 0 Å². The lowest BCUT2D eigenvalue weighted by molar-refractivity contribution is -0.137. The predicted octanol–water partition coefficient (Wildman–Crippen LogP) is 2.95. The molecule has 0 saturated heterocycles. The van der Waals surface area contributed by atoms with Gasteiger partial charge in [-0.15, -0.1) is 0 Å². The minimum atomic E-state index is -4.45. The molecular formula is C13H11F3N4. The number of H-pyrrole nitrogens is 1. The van der Waals surface area contributed by atoms with E-state index in [-0.39, 0.29) is 5.56 Å². The van der Waals surface area contributed by atoms with Crippen LogP contribution in [0.3, 0.4) is 0 Å². The number of nitrogens with one attached hydrogen (secondary N) is 2. The van der Waals surface area contributed by atoms with Gasteiger partial charge < -0.3 is 10.3 Å². The summed E-state index contributed by atoms with van der Waals surface area (Å²) >= 11 is 0. The summed E-state index contributed by atoms with van der Waals surface area (Å²) in [6, 6.07) is 4.83. The van der Waals surface area contributed by atoms with Gasteiger partial charge in [-0.2, -0.15) is 18.4 Å². The molecule has 2 N–H and O–H groups in total. The number of halogens is 3. The normalized spacial score (nSPS) is 11.1. The number of aromatic nitrogens is 2. The fraction of sp³-hybridized carbons (Fsp3) is 0.231. The summed E-state index contributed by atoms with van der Waals surface area (Å²) in [7, 11) is 0. The van der Waals surface area contributed by atoms with Crippen molar-refractivity contribution < 1.29 is 13.2 Å². The molecule has 0 spiro atoms. The Morgan fingerprint density at radius 1 is 1.35 bits per heavy atom. The zero-order valence-electron chi connectivity index (χ0n) is 10.3. The molecule has 0 fully saturated rings. The number of nitriles is 1. The fourth-order valence-electron chi connectivity index (χ4n) is 1.72. The first kappa shape index (κ1) is 13.9. The van der Waals surface area contributed by atoms with Crippen LogP contribution in [-0.4, -0.2) is 16.5 Å². The van der Waals surface area contributed by atoms with Gasteiger partial charge in [-0.1, -0.05) is 0 Å². The number of imidazole rings is 1. The van der Waals surface area contributed by atoms with Crippen LogP contribution in [0.25, 0.3) is 0 Å². The van der Waals surface area contributed by atoms with Crippen molar-refractivity contribution >= 4 is 5.69 Å². The molecule has 0 bridgehead atoms. The fourth-order valence-corrected chi connectivity index (χ4v) is 1.72. The van der Waals surface area contributed by atoms with Gasteiger partial charge in [0, 0.05) is 25.4 Å². The standard InChI is InChI=1S/C13H11F3N4/c14-13(15,16)10-1-2-11(9(7-10)8-17)18-4-3-12-19-5-6-20-12/h1-2,5-7,18H,3-4H2,(H,19,20). The zero-order valence-corrected chi connectivity index (χ0v) is 10.3. The van der Waals surface area contributed by atoms with Crippen molar-refractivity contribution in [2.24, 2.45) is 0 Å². The monoisotopic (exact) mass is 280 g/mol. The van der Waals surface area contributed by atoms with Crippen molar-refractivity contribution in [1.29, 1.82) is 5.26 Å². The van der Waals surface area contributed by atoms with Gasteiger partial charge in [0.25, 0.3) is 0 Å². The van der Waals surface area contributed by atoms with Crippen molar-refractivity contribution in [3.63, 3.8) is 0 Å². The average Bonchev–Trinajstić information content (AvgIpc) is 2.91. The molecule has 20 heavy (non-hydrogen) atoms. The van der Waals surface area contributed by atoms with E-state index >= 15 is 0 Å². The van der Waals surface area contributed by atoms with E-state index in [0.29, 0.717) is 18.7 Å². The maximum atomic E-state index is 12.5. The number of hydrogen-bond donors (Lipinski definition) is 2. The molecule has 0 unspecified atom stereocenters. The van der Waals surface area contributed by atoms with Crippen LogP contribution < -0.4 is 5.32 Å². The highest BCUT2D eigenvalue weighted by Crippen LogP contribution is 2.31. The molecule has 1 aromatic heterocycles. The highest BCUT2D eigenvalue weighted by Gasteiger charge is 2.31. The average molecular weight is 280 g/mol. The first-order chi connectivity index (χ1) is 9.50. The number of hydrogen-bond acceptors (Lipinski definition) is 3. The number of rotatable bonds is 4. The molecule has 4 nitrogen and oxygen atoms in total. The molecule has 0 amide bonds. The molecule has 0 atom stereocenters. The van der Waals surface area contributed by atoms with Crippen LogP contribution in [0.2, 0.25) is 0 Å². The van der Waals surface area contributed by atoms with E-state index in [1.807, 2.05) is 0 Å². The van der Waals surface area contributed by atoms with E-state index in [1.54, 1.807) is 18.5 Å². The van der Waals surface area contributed by atoms with Crippen LogP contribution in [0.1, 0.15) is 17.0 Å². The van der Waals surface area contributed by atoms with Crippen LogP contribution in [0.15, 0.2) is 30.6 Å². The highest BCUT2D eigenvalue weighted by atomic mass is 19.4. The summed E-state index contributed by atoms with van der Waals surface area (Å²) in [5.41, 5.74) is -0.475. The SMILES string of the molecule is N#Cc1cc(C(F)(F)F)ccc1NCCc1ncc[nH]1. The van der Waals surface area contributed by atoms with Gasteiger partial charge in [0.1, 0.15) is 11.9 Å². The van der Waals surface area contributed by atoms with E-state index in [2.05, 4.69) is 15.3 Å². The molecule has 0 aliphatic carbocycles. The summed E-state index contributed by atoms with van der Waals surface area (Å²) in [6.45, 7) is 0.466. The van der Waals surface area contributed by atoms with Gasteiger partial charge in [-0.25, -0.2) is 4.98 Å². The summed E-state index contributed by atoms with van der Waals surface area (Å²) in [4.78, 5) is 6.94. The van der Waals surface area contributed by atoms with Crippen molar-refractivity contribution in [3.05, 3.63) is 47.5 Å². The Morgan fingerprint density at radius 3 is 2.75 bits per heavy atom. The van der Waals surface area contributed by atoms with Crippen LogP contribution >= 0.6 is 0 Å². The second-order valence-corrected chi connectivity index (χ2v) is 4.08. The minimum absolute atomic E-state index is 0.0285. The maximum absolute atomic E-state index is 12.5. The van der Waals surface area contributed by atoms with Crippen molar-refractivity contribution in [1.82, 2.24) is 9.97 Å². The third kappa shape index (κ3) is 3.29.